The van der Waals surface area contributed by atoms with Gasteiger partial charge >= 0.3 is 0 Å². The second kappa shape index (κ2) is 6.84. The number of fused-ring (bicyclic) bond motifs is 1. The molecule has 130 valence electrons. The van der Waals surface area contributed by atoms with Crippen LogP contribution >= 0.6 is 15.9 Å². The van der Waals surface area contributed by atoms with Crippen molar-refractivity contribution in [2.75, 3.05) is 17.3 Å². The monoisotopic (exact) mass is 408 g/mol. The summed E-state index contributed by atoms with van der Waals surface area (Å²) in [6, 6.07) is 23.1. The minimum absolute atomic E-state index is 0.0302. The Morgan fingerprint density at radius 3 is 2.35 bits per heavy atom. The van der Waals surface area contributed by atoms with Gasteiger partial charge in [0.15, 0.2) is 0 Å². The Hall–Kier alpha value is -2.79. The Bertz CT molecular complexity index is 939. The number of nitrogens with one attached hydrogen (secondary N) is 1. The van der Waals surface area contributed by atoms with Crippen molar-refractivity contribution in [2.45, 2.75) is 6.17 Å². The summed E-state index contributed by atoms with van der Waals surface area (Å²) in [6.45, 7) is 0. The van der Waals surface area contributed by atoms with Gasteiger partial charge in [0.2, 0.25) is 0 Å². The lowest BCUT2D eigenvalue weighted by Crippen LogP contribution is -2.43. The van der Waals surface area contributed by atoms with Crippen LogP contribution in [0.25, 0.3) is 0 Å². The van der Waals surface area contributed by atoms with E-state index in [4.69, 9.17) is 4.74 Å². The molecule has 0 aliphatic carbocycles. The molecule has 1 atom stereocenters. The highest BCUT2D eigenvalue weighted by Gasteiger charge is 2.33. The Labute approximate surface area is 160 Å². The summed E-state index contributed by atoms with van der Waals surface area (Å²) in [6.07, 6.45) is -0.293. The molecule has 1 aliphatic heterocycles. The molecule has 26 heavy (non-hydrogen) atoms. The molecule has 3 aromatic rings. The number of methoxy groups -OCH3 is 1. The van der Waals surface area contributed by atoms with Gasteiger partial charge in [-0.3, -0.25) is 9.69 Å². The fourth-order valence-corrected chi connectivity index (χ4v) is 3.41. The van der Waals surface area contributed by atoms with Crippen molar-refractivity contribution < 1.29 is 9.53 Å². The number of para-hydroxylation sites is 1. The first-order chi connectivity index (χ1) is 12.7. The van der Waals surface area contributed by atoms with Crippen molar-refractivity contribution in [3.8, 4) is 5.75 Å². The normalized spacial score (nSPS) is 16.0. The lowest BCUT2D eigenvalue weighted by atomic mass is 10.0. The predicted molar refractivity (Wildman–Crippen MR) is 107 cm³/mol. The fourth-order valence-electron chi connectivity index (χ4n) is 3.14. The van der Waals surface area contributed by atoms with Gasteiger partial charge in [-0.1, -0.05) is 40.2 Å². The highest BCUT2D eigenvalue weighted by molar-refractivity contribution is 9.10. The van der Waals surface area contributed by atoms with Crippen LogP contribution < -0.4 is 15.0 Å². The van der Waals surface area contributed by atoms with Crippen LogP contribution in [0, 0.1) is 0 Å². The SMILES string of the molecule is COc1ccc(N2C(=O)c3ccccc3N[C@H]2c2ccc(Br)cc2)cc1. The van der Waals surface area contributed by atoms with E-state index in [1.54, 1.807) is 12.0 Å². The van der Waals surface area contributed by atoms with Gasteiger partial charge in [0.25, 0.3) is 5.91 Å². The number of hydrogen-bond donors (Lipinski definition) is 1. The third kappa shape index (κ3) is 2.95. The maximum Gasteiger partial charge on any atom is 0.262 e. The van der Waals surface area contributed by atoms with Crippen molar-refractivity contribution in [3.05, 3.63) is 88.4 Å². The second-order valence-electron chi connectivity index (χ2n) is 6.02. The Balaban J connectivity index is 1.82. The summed E-state index contributed by atoms with van der Waals surface area (Å²) >= 11 is 3.47. The second-order valence-corrected chi connectivity index (χ2v) is 6.93. The maximum absolute atomic E-state index is 13.3. The molecule has 4 nitrogen and oxygen atoms in total. The van der Waals surface area contributed by atoms with Crippen molar-refractivity contribution in [1.29, 1.82) is 0 Å². The lowest BCUT2D eigenvalue weighted by molar-refractivity contribution is 0.0975. The first kappa shape index (κ1) is 16.7. The molecule has 1 N–H and O–H groups in total. The van der Waals surface area contributed by atoms with Crippen molar-refractivity contribution in [2.24, 2.45) is 0 Å². The molecule has 0 radical (unpaired) electrons. The van der Waals surface area contributed by atoms with Crippen LogP contribution in [0.4, 0.5) is 11.4 Å². The van der Waals surface area contributed by atoms with Crippen LogP contribution in [0.1, 0.15) is 22.1 Å². The van der Waals surface area contributed by atoms with E-state index in [0.717, 1.165) is 27.2 Å². The lowest BCUT2D eigenvalue weighted by Gasteiger charge is -2.38. The van der Waals surface area contributed by atoms with Crippen LogP contribution in [-0.4, -0.2) is 13.0 Å². The molecule has 1 heterocycles. The van der Waals surface area contributed by atoms with E-state index in [9.17, 15) is 4.79 Å². The topological polar surface area (TPSA) is 41.6 Å². The summed E-state index contributed by atoms with van der Waals surface area (Å²) in [5, 5.41) is 3.50. The van der Waals surface area contributed by atoms with Crippen LogP contribution in [-0.2, 0) is 0 Å². The highest BCUT2D eigenvalue weighted by Crippen LogP contribution is 2.37. The number of hydrogen-bond acceptors (Lipinski definition) is 3. The van der Waals surface area contributed by atoms with E-state index in [2.05, 4.69) is 21.2 Å². The first-order valence-corrected chi connectivity index (χ1v) is 9.05. The smallest absolute Gasteiger partial charge is 0.262 e. The standard InChI is InChI=1S/C21H17BrN2O2/c1-26-17-12-10-16(11-13-17)24-20(14-6-8-15(22)9-7-14)23-19-5-3-2-4-18(19)21(24)25/h2-13,20,23H,1H3/t20-/m1/s1. The third-order valence-electron chi connectivity index (χ3n) is 4.46. The molecular weight excluding hydrogens is 392 g/mol. The molecule has 3 aromatic carbocycles. The largest absolute Gasteiger partial charge is 0.497 e. The summed E-state index contributed by atoms with van der Waals surface area (Å²) < 4.78 is 6.24. The van der Waals surface area contributed by atoms with Gasteiger partial charge in [-0.05, 0) is 54.1 Å². The Kier molecular flexibility index (Phi) is 4.39. The number of benzene rings is 3. The van der Waals surface area contributed by atoms with Crippen LogP contribution in [0.2, 0.25) is 0 Å². The number of halogens is 1. The van der Waals surface area contributed by atoms with Crippen LogP contribution in [0.3, 0.4) is 0 Å². The van der Waals surface area contributed by atoms with Gasteiger partial charge in [0.1, 0.15) is 11.9 Å². The number of carbonyl (C=O) groups is 1. The van der Waals surface area contributed by atoms with E-state index >= 15 is 0 Å². The molecule has 0 unspecified atom stereocenters. The van der Waals surface area contributed by atoms with Gasteiger partial charge in [-0.15, -0.1) is 0 Å². The van der Waals surface area contributed by atoms with Gasteiger partial charge in [-0.2, -0.15) is 0 Å². The van der Waals surface area contributed by atoms with Crippen molar-refractivity contribution in [3.63, 3.8) is 0 Å². The molecule has 0 saturated heterocycles. The minimum Gasteiger partial charge on any atom is -0.497 e. The molecular formula is C21H17BrN2O2. The van der Waals surface area contributed by atoms with E-state index in [1.165, 1.54) is 0 Å². The van der Waals surface area contributed by atoms with Gasteiger partial charge in [-0.25, -0.2) is 0 Å². The molecule has 1 amide bonds. The number of carbonyl (C=O) groups excluding carboxylic acids is 1. The quantitative estimate of drug-likeness (QED) is 0.644. The zero-order chi connectivity index (χ0) is 18.1. The molecule has 5 heteroatoms. The zero-order valence-corrected chi connectivity index (χ0v) is 15.7. The first-order valence-electron chi connectivity index (χ1n) is 8.26. The van der Waals surface area contributed by atoms with E-state index in [0.29, 0.717) is 5.56 Å². The Morgan fingerprint density at radius 2 is 1.65 bits per heavy atom. The number of nitrogens with zero attached hydrogens (tertiary/aromatic N) is 1. The van der Waals surface area contributed by atoms with E-state index in [-0.39, 0.29) is 12.1 Å². The summed E-state index contributed by atoms with van der Waals surface area (Å²) in [4.78, 5) is 15.1. The van der Waals surface area contributed by atoms with Crippen molar-refractivity contribution in [1.82, 2.24) is 0 Å². The molecule has 0 fully saturated rings. The highest BCUT2D eigenvalue weighted by atomic mass is 79.9. The molecule has 1 aliphatic rings. The summed E-state index contributed by atoms with van der Waals surface area (Å²) in [5.74, 6) is 0.726. The molecule has 0 spiro atoms. The van der Waals surface area contributed by atoms with Crippen molar-refractivity contribution >= 4 is 33.2 Å². The van der Waals surface area contributed by atoms with Crippen LogP contribution in [0.5, 0.6) is 5.75 Å². The third-order valence-corrected chi connectivity index (χ3v) is 4.99. The number of ether oxygens (including phenoxy) is 1. The van der Waals surface area contributed by atoms with Crippen LogP contribution in [0.15, 0.2) is 77.3 Å². The van der Waals surface area contributed by atoms with Gasteiger partial charge < -0.3 is 10.1 Å². The van der Waals surface area contributed by atoms with Gasteiger partial charge in [0.05, 0.1) is 12.7 Å². The zero-order valence-electron chi connectivity index (χ0n) is 14.1. The molecule has 0 aromatic heterocycles. The fraction of sp³-hybridized carbons (Fsp3) is 0.0952. The average Bonchev–Trinajstić information content (AvgIpc) is 2.69. The Morgan fingerprint density at radius 1 is 0.962 bits per heavy atom. The van der Waals surface area contributed by atoms with E-state index < -0.39 is 0 Å². The summed E-state index contributed by atoms with van der Waals surface area (Å²) in [5.41, 5.74) is 3.32. The maximum atomic E-state index is 13.3. The predicted octanol–water partition coefficient (Wildman–Crippen LogP) is 5.23. The number of anilines is 2. The average molecular weight is 409 g/mol. The number of amides is 1. The van der Waals surface area contributed by atoms with E-state index in [1.807, 2.05) is 72.8 Å². The molecule has 0 bridgehead atoms. The number of rotatable bonds is 3. The summed E-state index contributed by atoms with van der Waals surface area (Å²) in [7, 11) is 1.63. The molecule has 4 rings (SSSR count). The minimum atomic E-state index is -0.293. The molecule has 0 saturated carbocycles. The van der Waals surface area contributed by atoms with Gasteiger partial charge in [0, 0.05) is 15.8 Å².